The van der Waals surface area contributed by atoms with Crippen LogP contribution in [0, 0.1) is 5.92 Å². The number of carbonyl (C=O) groups is 1. The molecule has 0 aliphatic heterocycles. The van der Waals surface area contributed by atoms with Crippen LogP contribution in [0.15, 0.2) is 0 Å². The van der Waals surface area contributed by atoms with Crippen molar-refractivity contribution in [1.29, 1.82) is 0 Å². The van der Waals surface area contributed by atoms with Crippen molar-refractivity contribution in [3.8, 4) is 0 Å². The number of hydrogen-bond donors (Lipinski definition) is 2. The minimum Gasteiger partial charge on any atom is -0.368 e. The second-order valence-corrected chi connectivity index (χ2v) is 7.08. The van der Waals surface area contributed by atoms with Crippen LogP contribution in [0.4, 0.5) is 0 Å². The summed E-state index contributed by atoms with van der Waals surface area (Å²) in [6, 6.07) is 1.07. The van der Waals surface area contributed by atoms with Crippen molar-refractivity contribution < 1.29 is 4.79 Å². The first-order chi connectivity index (χ1) is 9.45. The molecule has 4 heteroatoms. The standard InChI is InChI=1S/C16H31N3O/c1-12(2)18-16(15(17)20)10-5-6-13(16)9-11-19(3)14-7-4-8-14/h12-14,18H,4-11H2,1-3H3,(H2,17,20). The maximum atomic E-state index is 12.1. The Morgan fingerprint density at radius 1 is 1.35 bits per heavy atom. The lowest BCUT2D eigenvalue weighted by Gasteiger charge is -2.39. The van der Waals surface area contributed by atoms with Gasteiger partial charge in [-0.1, -0.05) is 12.8 Å². The summed E-state index contributed by atoms with van der Waals surface area (Å²) in [5.41, 5.74) is 5.30. The van der Waals surface area contributed by atoms with Gasteiger partial charge in [0.1, 0.15) is 5.54 Å². The zero-order chi connectivity index (χ0) is 14.8. The monoisotopic (exact) mass is 281 g/mol. The van der Waals surface area contributed by atoms with Crippen LogP contribution in [0.2, 0.25) is 0 Å². The quantitative estimate of drug-likeness (QED) is 0.749. The van der Waals surface area contributed by atoms with Crippen LogP contribution >= 0.6 is 0 Å². The molecule has 1 amide bonds. The number of rotatable bonds is 7. The van der Waals surface area contributed by atoms with Crippen molar-refractivity contribution in [2.75, 3.05) is 13.6 Å². The lowest BCUT2D eigenvalue weighted by molar-refractivity contribution is -0.126. The molecule has 2 fully saturated rings. The fraction of sp³-hybridized carbons (Fsp3) is 0.938. The second kappa shape index (κ2) is 6.44. The normalized spacial score (nSPS) is 30.9. The lowest BCUT2D eigenvalue weighted by Crippen LogP contribution is -2.60. The van der Waals surface area contributed by atoms with Gasteiger partial charge in [0.15, 0.2) is 0 Å². The van der Waals surface area contributed by atoms with Crippen molar-refractivity contribution in [2.24, 2.45) is 11.7 Å². The second-order valence-electron chi connectivity index (χ2n) is 7.08. The fourth-order valence-electron chi connectivity index (χ4n) is 3.94. The van der Waals surface area contributed by atoms with E-state index in [-0.39, 0.29) is 5.91 Å². The molecule has 0 spiro atoms. The highest BCUT2D eigenvalue weighted by molar-refractivity contribution is 5.85. The fourth-order valence-corrected chi connectivity index (χ4v) is 3.94. The molecule has 0 radical (unpaired) electrons. The molecule has 3 N–H and O–H groups in total. The van der Waals surface area contributed by atoms with Crippen LogP contribution in [0.1, 0.15) is 58.8 Å². The van der Waals surface area contributed by atoms with Gasteiger partial charge in [0.2, 0.25) is 5.91 Å². The van der Waals surface area contributed by atoms with Gasteiger partial charge in [0.05, 0.1) is 0 Å². The summed E-state index contributed by atoms with van der Waals surface area (Å²) in [5, 5.41) is 3.49. The van der Waals surface area contributed by atoms with Crippen molar-refractivity contribution in [3.63, 3.8) is 0 Å². The van der Waals surface area contributed by atoms with Crippen LogP contribution in [-0.4, -0.2) is 42.0 Å². The van der Waals surface area contributed by atoms with Gasteiger partial charge < -0.3 is 16.0 Å². The molecule has 2 aliphatic carbocycles. The van der Waals surface area contributed by atoms with Crippen molar-refractivity contribution >= 4 is 5.91 Å². The van der Waals surface area contributed by atoms with Crippen molar-refractivity contribution in [3.05, 3.63) is 0 Å². The summed E-state index contributed by atoms with van der Waals surface area (Å²) in [6.07, 6.45) is 8.27. The number of nitrogens with zero attached hydrogens (tertiary/aromatic N) is 1. The molecule has 0 aromatic rings. The smallest absolute Gasteiger partial charge is 0.238 e. The molecule has 0 aromatic heterocycles. The van der Waals surface area contributed by atoms with E-state index in [1.165, 1.54) is 19.3 Å². The Bertz CT molecular complexity index is 341. The highest BCUT2D eigenvalue weighted by atomic mass is 16.1. The molecule has 2 rings (SSSR count). The van der Waals surface area contributed by atoms with E-state index in [2.05, 4.69) is 31.1 Å². The largest absolute Gasteiger partial charge is 0.368 e. The number of primary amides is 1. The Morgan fingerprint density at radius 3 is 2.55 bits per heavy atom. The number of hydrogen-bond acceptors (Lipinski definition) is 3. The topological polar surface area (TPSA) is 58.4 Å². The molecule has 2 saturated carbocycles. The maximum absolute atomic E-state index is 12.1. The Kier molecular flexibility index (Phi) is 5.08. The van der Waals surface area contributed by atoms with Gasteiger partial charge >= 0.3 is 0 Å². The molecule has 2 atom stereocenters. The predicted octanol–water partition coefficient (Wildman–Crippen LogP) is 1.88. The van der Waals surface area contributed by atoms with Crippen LogP contribution in [0.3, 0.4) is 0 Å². The average molecular weight is 281 g/mol. The third kappa shape index (κ3) is 3.17. The number of carbonyl (C=O) groups excluding carboxylic acids is 1. The SMILES string of the molecule is CC(C)NC1(C(N)=O)CCCC1CCN(C)C1CCC1. The van der Waals surface area contributed by atoms with E-state index in [0.717, 1.165) is 38.3 Å². The average Bonchev–Trinajstić information content (AvgIpc) is 2.67. The molecular formula is C16H31N3O. The molecule has 4 nitrogen and oxygen atoms in total. The minimum absolute atomic E-state index is 0.153. The van der Waals surface area contributed by atoms with Gasteiger partial charge in [0, 0.05) is 12.1 Å². The molecule has 0 heterocycles. The van der Waals surface area contributed by atoms with Gasteiger partial charge in [0.25, 0.3) is 0 Å². The van der Waals surface area contributed by atoms with E-state index < -0.39 is 5.54 Å². The molecule has 0 saturated heterocycles. The number of nitrogens with two attached hydrogens (primary N) is 1. The van der Waals surface area contributed by atoms with E-state index in [0.29, 0.717) is 12.0 Å². The number of amides is 1. The van der Waals surface area contributed by atoms with E-state index in [1.807, 2.05) is 0 Å². The number of nitrogens with one attached hydrogen (secondary N) is 1. The summed E-state index contributed by atoms with van der Waals surface area (Å²) in [7, 11) is 2.22. The van der Waals surface area contributed by atoms with Gasteiger partial charge in [-0.25, -0.2) is 0 Å². The molecule has 116 valence electrons. The first-order valence-corrected chi connectivity index (χ1v) is 8.23. The maximum Gasteiger partial charge on any atom is 0.238 e. The van der Waals surface area contributed by atoms with Crippen LogP contribution < -0.4 is 11.1 Å². The zero-order valence-corrected chi connectivity index (χ0v) is 13.3. The van der Waals surface area contributed by atoms with Gasteiger partial charge in [-0.15, -0.1) is 0 Å². The Balaban J connectivity index is 1.95. The van der Waals surface area contributed by atoms with E-state index >= 15 is 0 Å². The van der Waals surface area contributed by atoms with Crippen LogP contribution in [0.5, 0.6) is 0 Å². The first-order valence-electron chi connectivity index (χ1n) is 8.23. The van der Waals surface area contributed by atoms with Crippen molar-refractivity contribution in [1.82, 2.24) is 10.2 Å². The highest BCUT2D eigenvalue weighted by Gasteiger charge is 2.47. The predicted molar refractivity (Wildman–Crippen MR) is 82.4 cm³/mol. The van der Waals surface area contributed by atoms with Crippen LogP contribution in [0.25, 0.3) is 0 Å². The Labute approximate surface area is 123 Å². The summed E-state index contributed by atoms with van der Waals surface area (Å²) < 4.78 is 0. The molecule has 20 heavy (non-hydrogen) atoms. The first kappa shape index (κ1) is 15.8. The third-order valence-corrected chi connectivity index (χ3v) is 5.33. The van der Waals surface area contributed by atoms with E-state index in [1.54, 1.807) is 0 Å². The zero-order valence-electron chi connectivity index (χ0n) is 13.3. The van der Waals surface area contributed by atoms with E-state index in [4.69, 9.17) is 5.73 Å². The Hall–Kier alpha value is -0.610. The summed E-state index contributed by atoms with van der Waals surface area (Å²) in [4.78, 5) is 14.5. The van der Waals surface area contributed by atoms with E-state index in [9.17, 15) is 4.79 Å². The van der Waals surface area contributed by atoms with Gasteiger partial charge in [-0.3, -0.25) is 4.79 Å². The summed E-state index contributed by atoms with van der Waals surface area (Å²) >= 11 is 0. The van der Waals surface area contributed by atoms with Gasteiger partial charge in [-0.2, -0.15) is 0 Å². The molecule has 2 aliphatic rings. The van der Waals surface area contributed by atoms with Crippen LogP contribution in [-0.2, 0) is 4.79 Å². The molecule has 2 unspecified atom stereocenters. The molecule has 0 bridgehead atoms. The minimum atomic E-state index is -0.464. The molecular weight excluding hydrogens is 250 g/mol. The van der Waals surface area contributed by atoms with Crippen molar-refractivity contribution in [2.45, 2.75) is 76.4 Å². The third-order valence-electron chi connectivity index (χ3n) is 5.33. The Morgan fingerprint density at radius 2 is 2.05 bits per heavy atom. The highest BCUT2D eigenvalue weighted by Crippen LogP contribution is 2.38. The van der Waals surface area contributed by atoms with Gasteiger partial charge in [-0.05, 0) is 65.5 Å². The molecule has 0 aromatic carbocycles. The summed E-state index contributed by atoms with van der Waals surface area (Å²) in [5.74, 6) is 0.241. The lowest BCUT2D eigenvalue weighted by atomic mass is 9.82. The summed E-state index contributed by atoms with van der Waals surface area (Å²) in [6.45, 7) is 5.28.